The van der Waals surface area contributed by atoms with E-state index in [1.807, 2.05) is 6.92 Å². The first-order valence-corrected chi connectivity index (χ1v) is 10.1. The molecule has 25 heavy (non-hydrogen) atoms. The van der Waals surface area contributed by atoms with Crippen LogP contribution in [0.5, 0.6) is 0 Å². The first kappa shape index (κ1) is 20.4. The summed E-state index contributed by atoms with van der Waals surface area (Å²) >= 11 is 0.621. The van der Waals surface area contributed by atoms with Crippen LogP contribution in [0.3, 0.4) is 0 Å². The van der Waals surface area contributed by atoms with Gasteiger partial charge in [-0.15, -0.1) is 0 Å². The molecule has 2 aromatic heterocycles. The fourth-order valence-corrected chi connectivity index (χ4v) is 5.00. The summed E-state index contributed by atoms with van der Waals surface area (Å²) in [6, 6.07) is 7.49. The summed E-state index contributed by atoms with van der Waals surface area (Å²) < 4.78 is 50.5. The average molecular weight is 435 g/mol. The minimum Gasteiger partial charge on any atom is -0.767 e. The molecule has 0 N–H and O–H groups in total. The molecule has 1 aromatic carbocycles. The van der Waals surface area contributed by atoms with Crippen LogP contribution >= 0.6 is 15.9 Å². The first-order chi connectivity index (χ1) is 11.2. The molecule has 6 nitrogen and oxygen atoms in total. The third-order valence-corrected chi connectivity index (χ3v) is 7.12. The number of rotatable bonds is 3. The largest absolute Gasteiger partial charge is 1.00 e. The molecule has 126 valence electrons. The van der Waals surface area contributed by atoms with Crippen LogP contribution in [-0.2, 0) is 21.1 Å². The monoisotopic (exact) mass is 434 g/mol. The maximum Gasteiger partial charge on any atom is 1.00 e. The zero-order valence-corrected chi connectivity index (χ0v) is 16.9. The van der Waals surface area contributed by atoms with Gasteiger partial charge in [-0.3, -0.25) is 4.21 Å². The number of hydrogen-bond donors (Lipinski definition) is 0. The molecule has 0 spiro atoms. The van der Waals surface area contributed by atoms with E-state index in [9.17, 15) is 17.2 Å². The summed E-state index contributed by atoms with van der Waals surface area (Å²) in [6.07, 6.45) is 1.49. The number of aryl methyl sites for hydroxylation is 2. The van der Waals surface area contributed by atoms with E-state index in [2.05, 4.69) is 20.9 Å². The molecule has 0 radical (unpaired) electrons. The van der Waals surface area contributed by atoms with Crippen molar-refractivity contribution in [2.24, 2.45) is 0 Å². The van der Waals surface area contributed by atoms with E-state index < -0.39 is 21.1 Å². The second kappa shape index (κ2) is 7.35. The minimum absolute atomic E-state index is 0. The van der Waals surface area contributed by atoms with Gasteiger partial charge in [0.05, 0.1) is 4.90 Å². The van der Waals surface area contributed by atoms with Crippen LogP contribution in [0.2, 0.25) is 0 Å². The van der Waals surface area contributed by atoms with Crippen LogP contribution in [0.15, 0.2) is 50.9 Å². The van der Waals surface area contributed by atoms with Crippen molar-refractivity contribution in [3.63, 3.8) is 0 Å². The standard InChI is InChI=1S/C15H13BrN2O4S2.Li/c1-9-3-5-11(6-4-9)24(21,22)18-13(23(19)20)7-12-14(16)10(2)8-17-15(12)18;/h3-8H,1-2H3,(H,19,20);/q;+1/p-1. The Balaban J connectivity index is 0.00000225. The zero-order valence-electron chi connectivity index (χ0n) is 13.7. The van der Waals surface area contributed by atoms with Crippen molar-refractivity contribution in [1.29, 1.82) is 0 Å². The maximum atomic E-state index is 13.0. The molecule has 3 aromatic rings. The van der Waals surface area contributed by atoms with Gasteiger partial charge in [-0.05, 0) is 64.6 Å². The van der Waals surface area contributed by atoms with Gasteiger partial charge in [0.2, 0.25) is 0 Å². The molecule has 0 bridgehead atoms. The van der Waals surface area contributed by atoms with Gasteiger partial charge >= 0.3 is 18.9 Å². The van der Waals surface area contributed by atoms with Crippen molar-refractivity contribution in [2.75, 3.05) is 0 Å². The molecule has 0 aliphatic rings. The van der Waals surface area contributed by atoms with Gasteiger partial charge in [-0.25, -0.2) is 17.4 Å². The molecule has 2 heterocycles. The Morgan fingerprint density at radius 3 is 2.36 bits per heavy atom. The summed E-state index contributed by atoms with van der Waals surface area (Å²) in [5, 5.41) is 0.0641. The summed E-state index contributed by atoms with van der Waals surface area (Å²) in [5.74, 6) is 0. The second-order valence-electron chi connectivity index (χ2n) is 5.29. The predicted molar refractivity (Wildman–Crippen MR) is 93.1 cm³/mol. The molecule has 0 fully saturated rings. The Hall–Kier alpha value is -0.953. The van der Waals surface area contributed by atoms with E-state index in [1.54, 1.807) is 19.1 Å². The fraction of sp³-hybridized carbons (Fsp3) is 0.133. The molecule has 0 saturated heterocycles. The van der Waals surface area contributed by atoms with E-state index in [4.69, 9.17) is 0 Å². The van der Waals surface area contributed by atoms with Crippen molar-refractivity contribution in [3.05, 3.63) is 52.1 Å². The number of fused-ring (bicyclic) bond motifs is 1. The number of aromatic nitrogens is 2. The molecule has 10 heteroatoms. The summed E-state index contributed by atoms with van der Waals surface area (Å²) in [6.45, 7) is 3.62. The molecule has 0 aliphatic carbocycles. The number of nitrogens with zero attached hydrogens (tertiary/aromatic N) is 2. The van der Waals surface area contributed by atoms with Gasteiger partial charge < -0.3 is 4.55 Å². The Kier molecular flexibility index (Phi) is 5.98. The van der Waals surface area contributed by atoms with E-state index in [-0.39, 0.29) is 34.4 Å². The summed E-state index contributed by atoms with van der Waals surface area (Å²) in [4.78, 5) is 4.13. The smallest absolute Gasteiger partial charge is 0.767 e. The average Bonchev–Trinajstić information content (AvgIpc) is 2.92. The molecule has 0 aliphatic heterocycles. The minimum atomic E-state index is -4.10. The Labute approximate surface area is 168 Å². The first-order valence-electron chi connectivity index (χ1n) is 6.81. The van der Waals surface area contributed by atoms with E-state index >= 15 is 0 Å². The molecule has 3 rings (SSSR count). The van der Waals surface area contributed by atoms with Crippen molar-refractivity contribution in [2.45, 2.75) is 23.8 Å². The van der Waals surface area contributed by atoms with Crippen LogP contribution < -0.4 is 18.9 Å². The van der Waals surface area contributed by atoms with Crippen molar-refractivity contribution >= 4 is 48.1 Å². The Morgan fingerprint density at radius 1 is 1.20 bits per heavy atom. The molecule has 1 atom stereocenters. The fourth-order valence-electron chi connectivity index (χ4n) is 2.33. The second-order valence-corrected chi connectivity index (χ2v) is 8.76. The quantitative estimate of drug-likeness (QED) is 0.423. The molecular formula is C15H12BrLiN2O4S2. The number of benzene rings is 1. The van der Waals surface area contributed by atoms with Crippen LogP contribution in [0, 0.1) is 13.8 Å². The molecule has 1 unspecified atom stereocenters. The molecular weight excluding hydrogens is 423 g/mol. The van der Waals surface area contributed by atoms with E-state index in [1.165, 1.54) is 24.4 Å². The Morgan fingerprint density at radius 2 is 1.80 bits per heavy atom. The van der Waals surface area contributed by atoms with Gasteiger partial charge in [-0.1, -0.05) is 17.7 Å². The van der Waals surface area contributed by atoms with Gasteiger partial charge in [0.1, 0.15) is 5.03 Å². The third kappa shape index (κ3) is 3.50. The van der Waals surface area contributed by atoms with Crippen LogP contribution in [-0.4, -0.2) is 26.1 Å². The third-order valence-electron chi connectivity index (χ3n) is 3.59. The summed E-state index contributed by atoms with van der Waals surface area (Å²) in [7, 11) is -4.10. The van der Waals surface area contributed by atoms with E-state index in [0.717, 1.165) is 15.1 Å². The molecule has 0 saturated carbocycles. The molecule has 0 amide bonds. The van der Waals surface area contributed by atoms with E-state index in [0.29, 0.717) is 9.86 Å². The van der Waals surface area contributed by atoms with Crippen molar-refractivity contribution in [1.82, 2.24) is 8.96 Å². The van der Waals surface area contributed by atoms with Crippen LogP contribution in [0.4, 0.5) is 0 Å². The Bertz CT molecular complexity index is 1080. The van der Waals surface area contributed by atoms with Crippen molar-refractivity contribution < 1.29 is 36.0 Å². The van der Waals surface area contributed by atoms with Gasteiger partial charge in [0.15, 0.2) is 5.65 Å². The van der Waals surface area contributed by atoms with Crippen LogP contribution in [0.25, 0.3) is 11.0 Å². The van der Waals surface area contributed by atoms with Crippen LogP contribution in [0.1, 0.15) is 11.1 Å². The van der Waals surface area contributed by atoms with Crippen molar-refractivity contribution in [3.8, 4) is 0 Å². The van der Waals surface area contributed by atoms with Gasteiger partial charge in [0.25, 0.3) is 10.0 Å². The zero-order chi connectivity index (χ0) is 17.6. The topological polar surface area (TPSA) is 92.1 Å². The van der Waals surface area contributed by atoms with Gasteiger partial charge in [0, 0.05) is 16.1 Å². The number of halogens is 1. The normalized spacial score (nSPS) is 12.8. The maximum absolute atomic E-state index is 13.0. The summed E-state index contributed by atoms with van der Waals surface area (Å²) in [5.41, 5.74) is 1.73. The predicted octanol–water partition coefficient (Wildman–Crippen LogP) is -0.105. The number of hydrogen-bond acceptors (Lipinski definition) is 5. The number of pyridine rings is 1. The van der Waals surface area contributed by atoms with Gasteiger partial charge in [-0.2, -0.15) is 0 Å². The SMILES string of the molecule is Cc1ccc(S(=O)(=O)n2c(S(=O)[O-])cc3c(Br)c(C)cnc32)cc1.[Li+].